The van der Waals surface area contributed by atoms with E-state index in [9.17, 15) is 9.59 Å². The molecule has 0 unspecified atom stereocenters. The molecule has 0 fully saturated rings. The molecule has 2 heterocycles. The molecule has 0 atom stereocenters. The Balaban J connectivity index is 1.85. The minimum absolute atomic E-state index is 0.120. The summed E-state index contributed by atoms with van der Waals surface area (Å²) in [5.74, 6) is 0.176. The van der Waals surface area contributed by atoms with E-state index in [-0.39, 0.29) is 23.3 Å². The molecule has 0 radical (unpaired) electrons. The first-order chi connectivity index (χ1) is 12.9. The first kappa shape index (κ1) is 19.1. The number of fused-ring (bicyclic) bond motifs is 1. The van der Waals surface area contributed by atoms with Crippen molar-refractivity contribution >= 4 is 28.7 Å². The maximum atomic E-state index is 12.5. The quantitative estimate of drug-likeness (QED) is 0.651. The minimum atomic E-state index is -0.589. The van der Waals surface area contributed by atoms with Crippen molar-refractivity contribution in [1.82, 2.24) is 14.9 Å². The number of H-pyrrole nitrogens is 1. The third-order valence-corrected chi connectivity index (χ3v) is 4.30. The highest BCUT2D eigenvalue weighted by molar-refractivity contribution is 6.30. The van der Waals surface area contributed by atoms with Gasteiger partial charge in [0.15, 0.2) is 0 Å². The van der Waals surface area contributed by atoms with Gasteiger partial charge in [0, 0.05) is 11.6 Å². The van der Waals surface area contributed by atoms with Crippen LogP contribution in [-0.4, -0.2) is 34.5 Å². The molecule has 0 amide bonds. The Morgan fingerprint density at radius 1 is 1.30 bits per heavy atom. The number of benzene rings is 1. The van der Waals surface area contributed by atoms with E-state index in [0.29, 0.717) is 29.7 Å². The van der Waals surface area contributed by atoms with Gasteiger partial charge in [-0.25, -0.2) is 4.79 Å². The van der Waals surface area contributed by atoms with Crippen LogP contribution in [0.25, 0.3) is 11.1 Å². The van der Waals surface area contributed by atoms with Gasteiger partial charge in [-0.3, -0.25) is 9.69 Å². The fourth-order valence-electron chi connectivity index (χ4n) is 2.90. The van der Waals surface area contributed by atoms with E-state index in [2.05, 4.69) is 9.97 Å². The topological polar surface area (TPSA) is 88.4 Å². The Hall–Kier alpha value is -2.64. The van der Waals surface area contributed by atoms with Crippen LogP contribution in [0, 0.1) is 6.92 Å². The molecular formula is C19H20ClN3O4. The van der Waals surface area contributed by atoms with E-state index >= 15 is 0 Å². The molecule has 0 aliphatic carbocycles. The van der Waals surface area contributed by atoms with E-state index in [1.165, 1.54) is 0 Å². The number of hydrogen-bond acceptors (Lipinski definition) is 6. The third kappa shape index (κ3) is 4.20. The molecule has 3 rings (SSSR count). The van der Waals surface area contributed by atoms with Crippen molar-refractivity contribution in [3.05, 3.63) is 62.4 Å². The molecule has 8 heteroatoms. The van der Waals surface area contributed by atoms with Gasteiger partial charge >= 0.3 is 5.97 Å². The summed E-state index contributed by atoms with van der Waals surface area (Å²) >= 11 is 5.90. The van der Waals surface area contributed by atoms with Crippen molar-refractivity contribution in [1.29, 1.82) is 0 Å². The van der Waals surface area contributed by atoms with Crippen molar-refractivity contribution in [3.63, 3.8) is 0 Å². The lowest BCUT2D eigenvalue weighted by Gasteiger charge is -2.15. The molecule has 0 spiro atoms. The van der Waals surface area contributed by atoms with Gasteiger partial charge in [0.2, 0.25) is 5.71 Å². The number of aromatic nitrogens is 2. The summed E-state index contributed by atoms with van der Waals surface area (Å²) in [7, 11) is 1.91. The van der Waals surface area contributed by atoms with Crippen LogP contribution in [0.1, 0.15) is 34.4 Å². The van der Waals surface area contributed by atoms with Crippen molar-refractivity contribution in [2.24, 2.45) is 0 Å². The van der Waals surface area contributed by atoms with Crippen LogP contribution < -0.4 is 5.56 Å². The Kier molecular flexibility index (Phi) is 5.62. The molecule has 7 nitrogen and oxygen atoms in total. The average Bonchev–Trinajstić information content (AvgIpc) is 2.93. The van der Waals surface area contributed by atoms with Crippen molar-refractivity contribution < 1.29 is 13.9 Å². The van der Waals surface area contributed by atoms with Crippen LogP contribution in [0.2, 0.25) is 5.02 Å². The predicted molar refractivity (Wildman–Crippen MR) is 102 cm³/mol. The summed E-state index contributed by atoms with van der Waals surface area (Å²) in [6, 6.07) is 7.55. The average molecular weight is 390 g/mol. The molecule has 0 bridgehead atoms. The zero-order valence-electron chi connectivity index (χ0n) is 15.3. The Morgan fingerprint density at radius 2 is 2.00 bits per heavy atom. The van der Waals surface area contributed by atoms with Gasteiger partial charge in [0.1, 0.15) is 22.5 Å². The van der Waals surface area contributed by atoms with Crippen LogP contribution in [-0.2, 0) is 17.8 Å². The number of hydrogen-bond donors (Lipinski definition) is 1. The van der Waals surface area contributed by atoms with Gasteiger partial charge in [-0.15, -0.1) is 0 Å². The zero-order valence-corrected chi connectivity index (χ0v) is 16.1. The van der Waals surface area contributed by atoms with Crippen molar-refractivity contribution in [2.75, 3.05) is 13.7 Å². The van der Waals surface area contributed by atoms with E-state index < -0.39 is 11.5 Å². The number of esters is 1. The maximum absolute atomic E-state index is 12.5. The van der Waals surface area contributed by atoms with Gasteiger partial charge in [-0.2, -0.15) is 4.98 Å². The summed E-state index contributed by atoms with van der Waals surface area (Å²) in [5.41, 5.74) is 0.925. The molecule has 0 aliphatic heterocycles. The van der Waals surface area contributed by atoms with Crippen molar-refractivity contribution in [2.45, 2.75) is 26.9 Å². The standard InChI is InChI=1S/C19H20ClN3O4/c1-4-26-19(25)15-11(2)27-18-16(15)17(24)21-14(22-18)10-23(3)9-12-5-7-13(20)8-6-12/h5-8H,4,9-10H2,1-3H3,(H,21,22,24). The van der Waals surface area contributed by atoms with E-state index in [0.717, 1.165) is 5.56 Å². The zero-order chi connectivity index (χ0) is 19.6. The third-order valence-electron chi connectivity index (χ3n) is 4.05. The van der Waals surface area contributed by atoms with Gasteiger partial charge in [-0.05, 0) is 38.6 Å². The van der Waals surface area contributed by atoms with Crippen LogP contribution in [0.5, 0.6) is 0 Å². The Bertz CT molecular complexity index is 1020. The molecule has 2 aromatic heterocycles. The van der Waals surface area contributed by atoms with Crippen LogP contribution in [0.3, 0.4) is 0 Å². The molecule has 3 aromatic rings. The summed E-state index contributed by atoms with van der Waals surface area (Å²) in [5, 5.41) is 0.804. The highest BCUT2D eigenvalue weighted by Gasteiger charge is 2.23. The molecule has 27 heavy (non-hydrogen) atoms. The monoisotopic (exact) mass is 389 g/mol. The predicted octanol–water partition coefficient (Wildman–Crippen LogP) is 3.29. The second-order valence-corrected chi connectivity index (χ2v) is 6.68. The second kappa shape index (κ2) is 7.94. The van der Waals surface area contributed by atoms with Gasteiger partial charge < -0.3 is 14.1 Å². The lowest BCUT2D eigenvalue weighted by Crippen LogP contribution is -2.22. The fourth-order valence-corrected chi connectivity index (χ4v) is 3.03. The number of carbonyl (C=O) groups is 1. The summed E-state index contributed by atoms with van der Waals surface area (Å²) in [6.45, 7) is 4.59. The van der Waals surface area contributed by atoms with Gasteiger partial charge in [0.25, 0.3) is 5.56 Å². The SMILES string of the molecule is CCOC(=O)c1c(C)oc2nc(CN(C)Cc3ccc(Cl)cc3)[nH]c(=O)c12. The molecule has 1 N–H and O–H groups in total. The molecule has 142 valence electrons. The van der Waals surface area contributed by atoms with E-state index in [1.807, 2.05) is 36.2 Å². The molecular weight excluding hydrogens is 370 g/mol. The number of ether oxygens (including phenoxy) is 1. The van der Waals surface area contributed by atoms with E-state index in [4.69, 9.17) is 20.8 Å². The Morgan fingerprint density at radius 3 is 2.67 bits per heavy atom. The smallest absolute Gasteiger partial charge is 0.342 e. The number of halogens is 1. The number of nitrogens with zero attached hydrogens (tertiary/aromatic N) is 2. The van der Waals surface area contributed by atoms with Gasteiger partial charge in [0.05, 0.1) is 13.2 Å². The summed E-state index contributed by atoms with van der Waals surface area (Å²) in [6.07, 6.45) is 0. The number of nitrogens with one attached hydrogen (secondary N) is 1. The summed E-state index contributed by atoms with van der Waals surface area (Å²) in [4.78, 5) is 33.7. The maximum Gasteiger partial charge on any atom is 0.342 e. The highest BCUT2D eigenvalue weighted by Crippen LogP contribution is 2.22. The molecule has 0 saturated heterocycles. The largest absolute Gasteiger partial charge is 0.462 e. The molecule has 0 saturated carbocycles. The number of rotatable bonds is 6. The first-order valence-electron chi connectivity index (χ1n) is 8.51. The van der Waals surface area contributed by atoms with Crippen molar-refractivity contribution in [3.8, 4) is 0 Å². The Labute approximate surface area is 160 Å². The highest BCUT2D eigenvalue weighted by atomic mass is 35.5. The van der Waals surface area contributed by atoms with Crippen LogP contribution in [0.15, 0.2) is 33.5 Å². The van der Waals surface area contributed by atoms with E-state index in [1.54, 1.807) is 13.8 Å². The minimum Gasteiger partial charge on any atom is -0.462 e. The number of furan rings is 1. The van der Waals surface area contributed by atoms with Gasteiger partial charge in [-0.1, -0.05) is 23.7 Å². The fraction of sp³-hybridized carbons (Fsp3) is 0.316. The van der Waals surface area contributed by atoms with Crippen LogP contribution in [0.4, 0.5) is 0 Å². The normalized spacial score (nSPS) is 11.3. The molecule has 0 aliphatic rings. The number of aromatic amines is 1. The lowest BCUT2D eigenvalue weighted by molar-refractivity contribution is 0.0526. The first-order valence-corrected chi connectivity index (χ1v) is 8.89. The molecule has 1 aromatic carbocycles. The van der Waals surface area contributed by atoms with Crippen LogP contribution >= 0.6 is 11.6 Å². The lowest BCUT2D eigenvalue weighted by atomic mass is 10.2. The number of carbonyl (C=O) groups excluding carboxylic acids is 1. The number of aryl methyl sites for hydroxylation is 1. The summed E-state index contributed by atoms with van der Waals surface area (Å²) < 4.78 is 10.5. The second-order valence-electron chi connectivity index (χ2n) is 6.25.